The van der Waals surface area contributed by atoms with Crippen LogP contribution in [0.1, 0.15) is 25.8 Å². The highest BCUT2D eigenvalue weighted by Gasteiger charge is 2.11. The first-order chi connectivity index (χ1) is 8.02. The van der Waals surface area contributed by atoms with Crippen LogP contribution in [0.15, 0.2) is 22.7 Å². The third kappa shape index (κ3) is 5.40. The van der Waals surface area contributed by atoms with Crippen molar-refractivity contribution in [1.29, 1.82) is 0 Å². The molecule has 1 aromatic carbocycles. The molecule has 96 valence electrons. The van der Waals surface area contributed by atoms with Crippen molar-refractivity contribution in [3.05, 3.63) is 34.1 Å². The van der Waals surface area contributed by atoms with Gasteiger partial charge in [-0.1, -0.05) is 29.8 Å². The molecule has 0 fully saturated rings. The minimum absolute atomic E-state index is 0.249. The van der Waals surface area contributed by atoms with Gasteiger partial charge in [0.1, 0.15) is 5.82 Å². The predicted octanol–water partition coefficient (Wildman–Crippen LogP) is 4.02. The largest absolute Gasteiger partial charge is 0.392 e. The molecule has 0 amide bonds. The van der Waals surface area contributed by atoms with Gasteiger partial charge in [0.05, 0.1) is 6.10 Å². The molecule has 1 rings (SSSR count). The molecular weight excluding hydrogens is 303 g/mol. The number of benzene rings is 1. The maximum Gasteiger partial charge on any atom is 0.126 e. The molecule has 0 saturated carbocycles. The molecule has 0 aliphatic carbocycles. The minimum atomic E-state index is -0.488. The average Bonchev–Trinajstić information content (AvgIpc) is 2.30. The lowest BCUT2D eigenvalue weighted by atomic mass is 10.1. The van der Waals surface area contributed by atoms with Gasteiger partial charge in [-0.15, -0.1) is 0 Å². The van der Waals surface area contributed by atoms with E-state index in [-0.39, 0.29) is 5.82 Å². The van der Waals surface area contributed by atoms with Gasteiger partial charge in [0.15, 0.2) is 0 Å². The zero-order valence-corrected chi connectivity index (χ0v) is 12.5. The van der Waals surface area contributed by atoms with E-state index in [4.69, 9.17) is 0 Å². The highest BCUT2D eigenvalue weighted by Crippen LogP contribution is 2.20. The van der Waals surface area contributed by atoms with E-state index in [1.807, 2.05) is 0 Å². The van der Waals surface area contributed by atoms with Gasteiger partial charge in [-0.05, 0) is 30.2 Å². The number of aliphatic hydroxyl groups excluding tert-OH is 1. The average molecular weight is 321 g/mol. The minimum Gasteiger partial charge on any atom is -0.392 e. The van der Waals surface area contributed by atoms with Crippen molar-refractivity contribution in [3.63, 3.8) is 0 Å². The van der Waals surface area contributed by atoms with Crippen molar-refractivity contribution in [1.82, 2.24) is 0 Å². The monoisotopic (exact) mass is 320 g/mol. The molecule has 2 atom stereocenters. The Kier molecular flexibility index (Phi) is 6.52. The van der Waals surface area contributed by atoms with Crippen molar-refractivity contribution >= 4 is 27.7 Å². The lowest BCUT2D eigenvalue weighted by Gasteiger charge is -2.14. The van der Waals surface area contributed by atoms with Gasteiger partial charge >= 0.3 is 0 Å². The molecule has 0 aliphatic heterocycles. The molecule has 0 saturated heterocycles. The smallest absolute Gasteiger partial charge is 0.126 e. The Morgan fingerprint density at radius 1 is 1.47 bits per heavy atom. The second-order valence-corrected chi connectivity index (χ2v) is 6.53. The van der Waals surface area contributed by atoms with Crippen LogP contribution in [0.5, 0.6) is 0 Å². The van der Waals surface area contributed by atoms with Crippen LogP contribution in [0, 0.1) is 5.82 Å². The van der Waals surface area contributed by atoms with E-state index in [0.717, 1.165) is 10.9 Å². The molecule has 0 aliphatic rings. The van der Waals surface area contributed by atoms with E-state index in [1.54, 1.807) is 23.9 Å². The predicted molar refractivity (Wildman–Crippen MR) is 76.0 cm³/mol. The first-order valence-corrected chi connectivity index (χ1v) is 7.60. The van der Waals surface area contributed by atoms with Crippen LogP contribution < -0.4 is 0 Å². The summed E-state index contributed by atoms with van der Waals surface area (Å²) in [6.45, 7) is 4.26. The molecule has 0 radical (unpaired) electrons. The van der Waals surface area contributed by atoms with Crippen molar-refractivity contribution in [3.8, 4) is 0 Å². The number of thioether (sulfide) groups is 1. The summed E-state index contributed by atoms with van der Waals surface area (Å²) in [5.74, 6) is 0.404. The molecular formula is C13H18BrFOS. The quantitative estimate of drug-likeness (QED) is 0.854. The Morgan fingerprint density at radius 2 is 2.18 bits per heavy atom. The van der Waals surface area contributed by atoms with Gasteiger partial charge in [0.25, 0.3) is 0 Å². The fraction of sp³-hybridized carbons (Fsp3) is 0.538. The highest BCUT2D eigenvalue weighted by molar-refractivity contribution is 9.10. The van der Waals surface area contributed by atoms with E-state index in [1.165, 1.54) is 6.07 Å². The van der Waals surface area contributed by atoms with Gasteiger partial charge in [0.2, 0.25) is 0 Å². The number of halogens is 2. The summed E-state index contributed by atoms with van der Waals surface area (Å²) < 4.78 is 14.3. The van der Waals surface area contributed by atoms with Crippen LogP contribution in [-0.4, -0.2) is 22.2 Å². The molecule has 0 spiro atoms. The zero-order chi connectivity index (χ0) is 12.8. The maximum atomic E-state index is 13.5. The fourth-order valence-corrected chi connectivity index (χ4v) is 2.72. The maximum absolute atomic E-state index is 13.5. The summed E-state index contributed by atoms with van der Waals surface area (Å²) in [5, 5.41) is 10.4. The topological polar surface area (TPSA) is 20.2 Å². The number of aliphatic hydroxyl groups is 1. The molecule has 17 heavy (non-hydrogen) atoms. The first-order valence-electron chi connectivity index (χ1n) is 5.76. The van der Waals surface area contributed by atoms with Crippen molar-refractivity contribution in [2.24, 2.45) is 0 Å². The van der Waals surface area contributed by atoms with Gasteiger partial charge in [0, 0.05) is 21.9 Å². The zero-order valence-electron chi connectivity index (χ0n) is 10.1. The van der Waals surface area contributed by atoms with Crippen LogP contribution >= 0.6 is 27.7 Å². The van der Waals surface area contributed by atoms with E-state index >= 15 is 0 Å². The van der Waals surface area contributed by atoms with Crippen LogP contribution in [0.2, 0.25) is 0 Å². The molecule has 2 unspecified atom stereocenters. The van der Waals surface area contributed by atoms with Gasteiger partial charge < -0.3 is 5.11 Å². The lowest BCUT2D eigenvalue weighted by molar-refractivity contribution is 0.198. The van der Waals surface area contributed by atoms with Crippen LogP contribution in [0.4, 0.5) is 4.39 Å². The number of hydrogen-bond donors (Lipinski definition) is 1. The van der Waals surface area contributed by atoms with E-state index < -0.39 is 6.10 Å². The number of hydrogen-bond acceptors (Lipinski definition) is 2. The molecule has 1 aromatic rings. The first kappa shape index (κ1) is 15.0. The van der Waals surface area contributed by atoms with E-state index in [0.29, 0.717) is 23.0 Å². The van der Waals surface area contributed by atoms with Crippen molar-refractivity contribution in [2.75, 3.05) is 5.75 Å². The van der Waals surface area contributed by atoms with Crippen LogP contribution in [-0.2, 0) is 6.42 Å². The normalized spacial score (nSPS) is 14.6. The molecule has 1 nitrogen and oxygen atoms in total. The van der Waals surface area contributed by atoms with Gasteiger partial charge in [-0.2, -0.15) is 11.8 Å². The molecule has 4 heteroatoms. The summed E-state index contributed by atoms with van der Waals surface area (Å²) >= 11 is 5.04. The fourth-order valence-electron chi connectivity index (χ4n) is 1.41. The molecule has 0 heterocycles. The van der Waals surface area contributed by atoms with E-state index in [9.17, 15) is 9.50 Å². The summed E-state index contributed by atoms with van der Waals surface area (Å²) in [6, 6.07) is 4.82. The lowest BCUT2D eigenvalue weighted by Crippen LogP contribution is -2.16. The van der Waals surface area contributed by atoms with Crippen LogP contribution in [0.3, 0.4) is 0 Å². The Balaban J connectivity index is 2.50. The molecule has 0 aromatic heterocycles. The van der Waals surface area contributed by atoms with Crippen molar-refractivity contribution < 1.29 is 9.50 Å². The highest BCUT2D eigenvalue weighted by atomic mass is 79.9. The van der Waals surface area contributed by atoms with Gasteiger partial charge in [-0.25, -0.2) is 4.39 Å². The van der Waals surface area contributed by atoms with Crippen molar-refractivity contribution in [2.45, 2.75) is 38.0 Å². The Morgan fingerprint density at radius 3 is 2.82 bits per heavy atom. The third-order valence-corrected chi connectivity index (χ3v) is 4.58. The SMILES string of the molecule is CCC(C)SCC(O)Cc1cc(Br)ccc1F. The molecule has 1 N–H and O–H groups in total. The Bertz CT molecular complexity index is 359. The van der Waals surface area contributed by atoms with Gasteiger partial charge in [-0.3, -0.25) is 0 Å². The third-order valence-electron chi connectivity index (χ3n) is 2.61. The molecule has 0 bridgehead atoms. The summed E-state index contributed by atoms with van der Waals surface area (Å²) in [7, 11) is 0. The second kappa shape index (κ2) is 7.39. The summed E-state index contributed by atoms with van der Waals surface area (Å²) in [6.07, 6.45) is 0.968. The summed E-state index contributed by atoms with van der Waals surface area (Å²) in [4.78, 5) is 0. The Labute approximate surface area is 115 Å². The second-order valence-electron chi connectivity index (χ2n) is 4.15. The standard InChI is InChI=1S/C13H18BrFOS/c1-3-9(2)17-8-12(16)7-10-6-11(14)4-5-13(10)15/h4-6,9,12,16H,3,7-8H2,1-2H3. The van der Waals surface area contributed by atoms with Crippen LogP contribution in [0.25, 0.3) is 0 Å². The summed E-state index contributed by atoms with van der Waals surface area (Å²) in [5.41, 5.74) is 0.566. The van der Waals surface area contributed by atoms with E-state index in [2.05, 4.69) is 29.8 Å². The number of rotatable bonds is 6. The Hall–Kier alpha value is -0.0600.